The number of hydrazine groups is 1. The highest BCUT2D eigenvalue weighted by molar-refractivity contribution is 5.91. The molecule has 0 saturated heterocycles. The van der Waals surface area contributed by atoms with Gasteiger partial charge in [0.2, 0.25) is 5.91 Å². The summed E-state index contributed by atoms with van der Waals surface area (Å²) in [6.07, 6.45) is 5.59. The van der Waals surface area contributed by atoms with E-state index in [1.54, 1.807) is 5.01 Å². The van der Waals surface area contributed by atoms with Gasteiger partial charge in [0, 0.05) is 14.1 Å². The Morgan fingerprint density at radius 3 is 2.61 bits per heavy atom. The lowest BCUT2D eigenvalue weighted by molar-refractivity contribution is -0.127. The number of rotatable bonds is 3. The first-order chi connectivity index (χ1) is 8.62. The predicted molar refractivity (Wildman–Crippen MR) is 71.2 cm³/mol. The summed E-state index contributed by atoms with van der Waals surface area (Å²) in [4.78, 5) is 12.3. The third-order valence-electron chi connectivity index (χ3n) is 4.16. The molecule has 0 atom stereocenters. The fourth-order valence-electron chi connectivity index (χ4n) is 2.95. The van der Waals surface area contributed by atoms with Crippen molar-refractivity contribution in [1.82, 2.24) is 10.4 Å². The van der Waals surface area contributed by atoms with Crippen molar-refractivity contribution in [2.75, 3.05) is 14.1 Å². The Kier molecular flexibility index (Phi) is 2.67. The van der Waals surface area contributed by atoms with Gasteiger partial charge in [0.1, 0.15) is 0 Å². The third-order valence-corrected chi connectivity index (χ3v) is 4.16. The highest BCUT2D eigenvalue weighted by Crippen LogP contribution is 2.49. The second kappa shape index (κ2) is 4.09. The maximum Gasteiger partial charge on any atom is 0.244 e. The number of aryl methyl sites for hydroxylation is 2. The van der Waals surface area contributed by atoms with Crippen LogP contribution in [0.5, 0.6) is 0 Å². The minimum atomic E-state index is -0.248. The summed E-state index contributed by atoms with van der Waals surface area (Å²) in [5, 5.41) is 1.73. The van der Waals surface area contributed by atoms with Crippen LogP contribution in [0.1, 0.15) is 36.0 Å². The zero-order valence-corrected chi connectivity index (χ0v) is 11.1. The van der Waals surface area contributed by atoms with Gasteiger partial charge in [-0.05, 0) is 48.8 Å². The van der Waals surface area contributed by atoms with E-state index in [1.807, 2.05) is 14.1 Å². The smallest absolute Gasteiger partial charge is 0.244 e. The van der Waals surface area contributed by atoms with Crippen molar-refractivity contribution >= 4 is 5.91 Å². The topological polar surface area (TPSA) is 32.3 Å². The molecular formula is C15H20N2O. The number of hydrogen-bond acceptors (Lipinski definition) is 2. The van der Waals surface area contributed by atoms with E-state index in [1.165, 1.54) is 36.0 Å². The average molecular weight is 244 g/mol. The fraction of sp³-hybridized carbons (Fsp3) is 0.533. The molecule has 3 heteroatoms. The number of nitrogens with zero attached hydrogens (tertiary/aromatic N) is 1. The van der Waals surface area contributed by atoms with E-state index in [9.17, 15) is 4.79 Å². The Labute approximate surface area is 108 Å². The predicted octanol–water partition coefficient (Wildman–Crippen LogP) is 1.80. The van der Waals surface area contributed by atoms with Gasteiger partial charge in [0.15, 0.2) is 0 Å². The van der Waals surface area contributed by atoms with Gasteiger partial charge in [-0.3, -0.25) is 10.2 Å². The molecule has 1 saturated carbocycles. The number of nitrogens with one attached hydrogen (secondary N) is 1. The lowest BCUT2D eigenvalue weighted by atomic mass is 9.92. The molecule has 2 aliphatic carbocycles. The first-order valence-electron chi connectivity index (χ1n) is 6.72. The summed E-state index contributed by atoms with van der Waals surface area (Å²) >= 11 is 0. The molecule has 0 radical (unpaired) electrons. The number of carbonyl (C=O) groups is 1. The van der Waals surface area contributed by atoms with Crippen molar-refractivity contribution in [3.05, 3.63) is 34.9 Å². The highest BCUT2D eigenvalue weighted by atomic mass is 16.2. The first-order valence-corrected chi connectivity index (χ1v) is 6.72. The molecule has 18 heavy (non-hydrogen) atoms. The van der Waals surface area contributed by atoms with Crippen molar-refractivity contribution in [1.29, 1.82) is 0 Å². The van der Waals surface area contributed by atoms with Gasteiger partial charge in [-0.1, -0.05) is 18.2 Å². The molecule has 96 valence electrons. The molecule has 0 bridgehead atoms. The van der Waals surface area contributed by atoms with E-state index < -0.39 is 0 Å². The Morgan fingerprint density at radius 1 is 1.22 bits per heavy atom. The standard InChI is InChI=1S/C15H20N2O/c1-17(2)16-14(18)15(8-9-15)13-7-6-11-4-3-5-12(11)10-13/h6-7,10H,3-5,8-9H2,1-2H3,(H,16,18). The van der Waals surface area contributed by atoms with Crippen molar-refractivity contribution in [2.45, 2.75) is 37.5 Å². The van der Waals surface area contributed by atoms with Crippen LogP contribution in [0.25, 0.3) is 0 Å². The first kappa shape index (κ1) is 11.7. The van der Waals surface area contributed by atoms with Crippen LogP contribution in [-0.2, 0) is 23.1 Å². The van der Waals surface area contributed by atoms with Crippen molar-refractivity contribution in [3.63, 3.8) is 0 Å². The lowest BCUT2D eigenvalue weighted by Gasteiger charge is -2.20. The molecule has 2 aliphatic rings. The number of hydrogen-bond donors (Lipinski definition) is 1. The number of amides is 1. The van der Waals surface area contributed by atoms with Crippen LogP contribution in [0.15, 0.2) is 18.2 Å². The van der Waals surface area contributed by atoms with Crippen molar-refractivity contribution in [2.24, 2.45) is 0 Å². The van der Waals surface area contributed by atoms with Crippen molar-refractivity contribution < 1.29 is 4.79 Å². The molecule has 0 aliphatic heterocycles. The van der Waals surface area contributed by atoms with E-state index in [-0.39, 0.29) is 11.3 Å². The average Bonchev–Trinajstić information content (AvgIpc) is 3.00. The van der Waals surface area contributed by atoms with E-state index in [4.69, 9.17) is 0 Å². The summed E-state index contributed by atoms with van der Waals surface area (Å²) in [6.45, 7) is 0. The van der Waals surface area contributed by atoms with Gasteiger partial charge >= 0.3 is 0 Å². The molecule has 0 spiro atoms. The number of fused-ring (bicyclic) bond motifs is 1. The maximum atomic E-state index is 12.3. The monoisotopic (exact) mass is 244 g/mol. The van der Waals surface area contributed by atoms with Crippen LogP contribution in [0, 0.1) is 0 Å². The van der Waals surface area contributed by atoms with Gasteiger partial charge < -0.3 is 0 Å². The number of carbonyl (C=O) groups excluding carboxylic acids is 1. The van der Waals surface area contributed by atoms with Crippen LogP contribution in [0.2, 0.25) is 0 Å². The van der Waals surface area contributed by atoms with Gasteiger partial charge in [-0.15, -0.1) is 0 Å². The van der Waals surface area contributed by atoms with E-state index in [0.717, 1.165) is 12.8 Å². The van der Waals surface area contributed by atoms with E-state index in [0.29, 0.717) is 0 Å². The molecule has 1 amide bonds. The molecule has 3 nitrogen and oxygen atoms in total. The molecule has 0 heterocycles. The zero-order chi connectivity index (χ0) is 12.8. The minimum absolute atomic E-state index is 0.144. The van der Waals surface area contributed by atoms with Crippen LogP contribution >= 0.6 is 0 Å². The summed E-state index contributed by atoms with van der Waals surface area (Å²) in [6, 6.07) is 6.65. The van der Waals surface area contributed by atoms with Gasteiger partial charge in [-0.25, -0.2) is 5.01 Å². The van der Waals surface area contributed by atoms with Gasteiger partial charge in [-0.2, -0.15) is 0 Å². The molecule has 1 fully saturated rings. The van der Waals surface area contributed by atoms with E-state index >= 15 is 0 Å². The third kappa shape index (κ3) is 1.83. The summed E-state index contributed by atoms with van der Waals surface area (Å²) in [5.41, 5.74) is 6.80. The minimum Gasteiger partial charge on any atom is -0.289 e. The van der Waals surface area contributed by atoms with Gasteiger partial charge in [0.25, 0.3) is 0 Å². The molecule has 1 aromatic carbocycles. The second-order valence-electron chi connectivity index (χ2n) is 5.75. The Bertz CT molecular complexity index is 489. The molecular weight excluding hydrogens is 224 g/mol. The molecule has 3 rings (SSSR count). The summed E-state index contributed by atoms with van der Waals surface area (Å²) < 4.78 is 0. The maximum absolute atomic E-state index is 12.3. The summed E-state index contributed by atoms with van der Waals surface area (Å²) in [7, 11) is 3.72. The quantitative estimate of drug-likeness (QED) is 0.822. The van der Waals surface area contributed by atoms with Crippen LogP contribution in [-0.4, -0.2) is 25.0 Å². The summed E-state index contributed by atoms with van der Waals surface area (Å²) in [5.74, 6) is 0.144. The molecule has 0 unspecified atom stereocenters. The molecule has 1 aromatic rings. The van der Waals surface area contributed by atoms with Crippen LogP contribution < -0.4 is 5.43 Å². The zero-order valence-electron chi connectivity index (χ0n) is 11.1. The highest BCUT2D eigenvalue weighted by Gasteiger charge is 2.51. The van der Waals surface area contributed by atoms with E-state index in [2.05, 4.69) is 23.6 Å². The largest absolute Gasteiger partial charge is 0.289 e. The normalized spacial score (nSPS) is 19.7. The Morgan fingerprint density at radius 2 is 1.94 bits per heavy atom. The molecule has 0 aromatic heterocycles. The van der Waals surface area contributed by atoms with Crippen LogP contribution in [0.3, 0.4) is 0 Å². The van der Waals surface area contributed by atoms with Crippen LogP contribution in [0.4, 0.5) is 0 Å². The van der Waals surface area contributed by atoms with Crippen molar-refractivity contribution in [3.8, 4) is 0 Å². The SMILES string of the molecule is CN(C)NC(=O)C1(c2ccc3c(c2)CCC3)CC1. The number of benzene rings is 1. The van der Waals surface area contributed by atoms with Gasteiger partial charge in [0.05, 0.1) is 5.41 Å². The second-order valence-corrected chi connectivity index (χ2v) is 5.75. The fourth-order valence-corrected chi connectivity index (χ4v) is 2.95. The Balaban J connectivity index is 1.88. The molecule has 1 N–H and O–H groups in total. The lowest BCUT2D eigenvalue weighted by Crippen LogP contribution is -2.42. The Hall–Kier alpha value is -1.35.